The van der Waals surface area contributed by atoms with E-state index in [9.17, 15) is 14.7 Å². The van der Waals surface area contributed by atoms with Crippen LogP contribution in [0.5, 0.6) is 5.75 Å². The standard InChI is InChI=1S/C27H29N3O4/c1-34-18-7-8-19-20(13-18)25-14-24(19)16-30(12-9-17-5-3-2-4-6-17)21(24)27(25,33)11-10-26(15-25)22(31)28-23(32)29-26/h2-8,13,21,33H,9-12,14-16H2,1H3,(H2,28,29,31,32)/t21-,24?,25-,26+,27-/m1/s1. The van der Waals surface area contributed by atoms with Crippen LogP contribution in [0.15, 0.2) is 48.5 Å². The summed E-state index contributed by atoms with van der Waals surface area (Å²) in [5.41, 5.74) is 1.02. The van der Waals surface area contributed by atoms with E-state index in [4.69, 9.17) is 4.74 Å². The highest BCUT2D eigenvalue weighted by Crippen LogP contribution is 2.74. The van der Waals surface area contributed by atoms with Crippen molar-refractivity contribution >= 4 is 11.9 Å². The van der Waals surface area contributed by atoms with E-state index in [0.717, 1.165) is 37.2 Å². The first kappa shape index (κ1) is 20.5. The molecular formula is C27H29N3O4. The Labute approximate surface area is 198 Å². The van der Waals surface area contributed by atoms with Crippen LogP contribution in [-0.4, -0.2) is 59.3 Å². The zero-order valence-electron chi connectivity index (χ0n) is 19.3. The van der Waals surface area contributed by atoms with Crippen molar-refractivity contribution < 1.29 is 19.4 Å². The van der Waals surface area contributed by atoms with Gasteiger partial charge in [0.25, 0.3) is 5.91 Å². The summed E-state index contributed by atoms with van der Waals surface area (Å²) in [7, 11) is 1.65. The van der Waals surface area contributed by atoms with E-state index in [2.05, 4.69) is 51.9 Å². The highest BCUT2D eigenvalue weighted by atomic mass is 16.5. The van der Waals surface area contributed by atoms with Crippen molar-refractivity contribution in [2.45, 2.75) is 60.1 Å². The van der Waals surface area contributed by atoms with E-state index in [0.29, 0.717) is 19.3 Å². The van der Waals surface area contributed by atoms with Crippen LogP contribution in [-0.2, 0) is 22.0 Å². The third-order valence-corrected chi connectivity index (χ3v) is 9.63. The number of nitrogens with one attached hydrogen (secondary N) is 2. The van der Waals surface area contributed by atoms with Gasteiger partial charge in [-0.15, -0.1) is 0 Å². The zero-order chi connectivity index (χ0) is 23.3. The monoisotopic (exact) mass is 459 g/mol. The minimum absolute atomic E-state index is 0.0159. The number of amides is 3. The summed E-state index contributed by atoms with van der Waals surface area (Å²) in [6, 6.07) is 16.3. The molecule has 3 amide bonds. The van der Waals surface area contributed by atoms with Crippen molar-refractivity contribution in [3.05, 3.63) is 65.2 Å². The average molecular weight is 460 g/mol. The van der Waals surface area contributed by atoms with Gasteiger partial charge >= 0.3 is 6.03 Å². The first-order chi connectivity index (χ1) is 16.4. The molecule has 0 radical (unpaired) electrons. The van der Waals surface area contributed by atoms with Crippen molar-refractivity contribution in [2.75, 3.05) is 20.2 Å². The summed E-state index contributed by atoms with van der Waals surface area (Å²) in [5, 5.41) is 17.9. The molecule has 2 aromatic carbocycles. The Kier molecular flexibility index (Phi) is 3.85. The molecule has 2 saturated heterocycles. The molecule has 7 heteroatoms. The van der Waals surface area contributed by atoms with E-state index >= 15 is 0 Å². The molecule has 7 rings (SSSR count). The molecule has 3 N–H and O–H groups in total. The van der Waals surface area contributed by atoms with Gasteiger partial charge in [-0.1, -0.05) is 36.4 Å². The Hall–Kier alpha value is -2.90. The van der Waals surface area contributed by atoms with Crippen LogP contribution < -0.4 is 15.4 Å². The summed E-state index contributed by atoms with van der Waals surface area (Å²) < 4.78 is 5.56. The van der Waals surface area contributed by atoms with Gasteiger partial charge in [0.05, 0.1) is 18.8 Å². The molecule has 0 aromatic heterocycles. The number of rotatable bonds is 4. The number of urea groups is 1. The SMILES string of the molecule is COc1ccc2c(c1)[C@]13CC24CN(CCc2ccccc2)[C@H]4[C@]1(O)CC[C@@]1(C3)NC(=O)NC1=O. The van der Waals surface area contributed by atoms with Crippen molar-refractivity contribution in [1.82, 2.24) is 15.5 Å². The van der Waals surface area contributed by atoms with E-state index in [1.165, 1.54) is 11.1 Å². The molecule has 2 aromatic rings. The van der Waals surface area contributed by atoms with Crippen molar-refractivity contribution in [3.63, 3.8) is 0 Å². The molecule has 34 heavy (non-hydrogen) atoms. The highest BCUT2D eigenvalue weighted by Gasteiger charge is 2.82. The fraction of sp³-hybridized carbons (Fsp3) is 0.481. The number of nitrogens with zero attached hydrogens (tertiary/aromatic N) is 1. The van der Waals surface area contributed by atoms with Gasteiger partial charge in [-0.25, -0.2) is 4.79 Å². The summed E-state index contributed by atoms with van der Waals surface area (Å²) in [6.45, 7) is 1.79. The number of aliphatic hydroxyl groups is 1. The number of benzene rings is 2. The van der Waals surface area contributed by atoms with Gasteiger partial charge in [0.2, 0.25) is 0 Å². The molecule has 2 bridgehead atoms. The van der Waals surface area contributed by atoms with Crippen molar-refractivity contribution in [3.8, 4) is 5.75 Å². The average Bonchev–Trinajstić information content (AvgIpc) is 3.33. The van der Waals surface area contributed by atoms with Gasteiger partial charge in [0.1, 0.15) is 11.3 Å². The lowest BCUT2D eigenvalue weighted by Crippen LogP contribution is -2.76. The Morgan fingerprint density at radius 1 is 1.09 bits per heavy atom. The third-order valence-electron chi connectivity index (χ3n) is 9.63. The molecule has 2 heterocycles. The normalized spacial score (nSPS) is 39.2. The smallest absolute Gasteiger partial charge is 0.322 e. The lowest BCUT2D eigenvalue weighted by atomic mass is 9.52. The predicted octanol–water partition coefficient (Wildman–Crippen LogP) is 2.01. The topological polar surface area (TPSA) is 90.9 Å². The maximum Gasteiger partial charge on any atom is 0.322 e. The second-order valence-corrected chi connectivity index (χ2v) is 11.0. The summed E-state index contributed by atoms with van der Waals surface area (Å²) >= 11 is 0. The van der Waals surface area contributed by atoms with Crippen molar-refractivity contribution in [2.24, 2.45) is 0 Å². The lowest BCUT2D eigenvalue weighted by molar-refractivity contribution is -0.159. The third kappa shape index (κ3) is 2.25. The number of carbonyl (C=O) groups is 2. The summed E-state index contributed by atoms with van der Waals surface area (Å²) in [5.74, 6) is 0.496. The van der Waals surface area contributed by atoms with Gasteiger partial charge in [-0.2, -0.15) is 0 Å². The second-order valence-electron chi connectivity index (χ2n) is 11.0. The molecule has 2 saturated carbocycles. The molecule has 5 atom stereocenters. The van der Waals surface area contributed by atoms with Gasteiger partial charge in [0, 0.05) is 23.9 Å². The number of ether oxygens (including phenoxy) is 1. The summed E-state index contributed by atoms with van der Waals surface area (Å²) in [6.07, 6.45) is 3.08. The molecule has 3 spiro atoms. The van der Waals surface area contributed by atoms with E-state index < -0.39 is 22.6 Å². The molecular weight excluding hydrogens is 430 g/mol. The largest absolute Gasteiger partial charge is 0.497 e. The zero-order valence-corrected chi connectivity index (χ0v) is 19.3. The minimum atomic E-state index is -0.964. The molecule has 5 aliphatic rings. The van der Waals surface area contributed by atoms with E-state index in [1.807, 2.05) is 12.1 Å². The maximum atomic E-state index is 13.0. The van der Waals surface area contributed by atoms with Gasteiger partial charge in [-0.05, 0) is 60.9 Å². The molecule has 2 aliphatic heterocycles. The highest BCUT2D eigenvalue weighted by molar-refractivity contribution is 6.07. The lowest BCUT2D eigenvalue weighted by Gasteiger charge is -2.63. The quantitative estimate of drug-likeness (QED) is 0.609. The fourth-order valence-electron chi connectivity index (χ4n) is 8.43. The molecule has 7 nitrogen and oxygen atoms in total. The van der Waals surface area contributed by atoms with Crippen LogP contribution >= 0.6 is 0 Å². The molecule has 3 aliphatic carbocycles. The fourth-order valence-corrected chi connectivity index (χ4v) is 8.43. The van der Waals surface area contributed by atoms with E-state index in [-0.39, 0.29) is 17.4 Å². The number of carbonyl (C=O) groups excluding carboxylic acids is 2. The minimum Gasteiger partial charge on any atom is -0.497 e. The van der Waals surface area contributed by atoms with Gasteiger partial charge in [0.15, 0.2) is 0 Å². The Morgan fingerprint density at radius 2 is 1.91 bits per heavy atom. The Bertz CT molecular complexity index is 1230. The second kappa shape index (κ2) is 6.40. The number of likely N-dealkylation sites (tertiary alicyclic amines) is 1. The number of hydrogen-bond acceptors (Lipinski definition) is 5. The number of imide groups is 1. The van der Waals surface area contributed by atoms with Crippen LogP contribution in [0.2, 0.25) is 0 Å². The maximum absolute atomic E-state index is 13.0. The Morgan fingerprint density at radius 3 is 2.65 bits per heavy atom. The van der Waals surface area contributed by atoms with E-state index in [1.54, 1.807) is 7.11 Å². The first-order valence-corrected chi connectivity index (χ1v) is 12.2. The van der Waals surface area contributed by atoms with Crippen LogP contribution in [0.3, 0.4) is 0 Å². The molecule has 1 unspecified atom stereocenters. The summed E-state index contributed by atoms with van der Waals surface area (Å²) in [4.78, 5) is 27.5. The van der Waals surface area contributed by atoms with Crippen LogP contribution in [0.25, 0.3) is 0 Å². The Balaban J connectivity index is 1.31. The number of hydrogen-bond donors (Lipinski definition) is 3. The van der Waals surface area contributed by atoms with Crippen LogP contribution in [0.4, 0.5) is 4.79 Å². The van der Waals surface area contributed by atoms with Gasteiger partial charge < -0.3 is 15.2 Å². The van der Waals surface area contributed by atoms with Crippen molar-refractivity contribution in [1.29, 1.82) is 0 Å². The number of fused-ring (bicyclic) bond motifs is 2. The van der Waals surface area contributed by atoms with Crippen LogP contribution in [0.1, 0.15) is 42.4 Å². The van der Waals surface area contributed by atoms with Crippen LogP contribution in [0, 0.1) is 0 Å². The predicted molar refractivity (Wildman–Crippen MR) is 125 cm³/mol. The first-order valence-electron chi connectivity index (χ1n) is 12.2. The molecule has 176 valence electrons. The van der Waals surface area contributed by atoms with Gasteiger partial charge in [-0.3, -0.25) is 15.0 Å². The number of methoxy groups -OCH3 is 1. The molecule has 4 fully saturated rings.